The quantitative estimate of drug-likeness (QED) is 0.834. The van der Waals surface area contributed by atoms with Crippen molar-refractivity contribution in [2.75, 3.05) is 11.4 Å². The second-order valence-electron chi connectivity index (χ2n) is 5.74. The Morgan fingerprint density at radius 1 is 1.26 bits per heavy atom. The van der Waals surface area contributed by atoms with Crippen LogP contribution in [-0.2, 0) is 9.59 Å². The smallest absolute Gasteiger partial charge is 0.223 e. The van der Waals surface area contributed by atoms with Crippen molar-refractivity contribution in [3.63, 3.8) is 0 Å². The third-order valence-electron chi connectivity index (χ3n) is 4.64. The lowest BCUT2D eigenvalue weighted by Crippen LogP contribution is -2.38. The highest BCUT2D eigenvalue weighted by molar-refractivity contribution is 5.94. The van der Waals surface area contributed by atoms with Crippen molar-refractivity contribution >= 4 is 17.4 Å². The maximum atomic E-state index is 12.2. The molecule has 0 saturated heterocycles. The van der Waals surface area contributed by atoms with Gasteiger partial charge in [-0.05, 0) is 37.3 Å². The number of carbonyl (C=O) groups excluding carboxylic acids is 2. The van der Waals surface area contributed by atoms with E-state index in [0.29, 0.717) is 18.2 Å². The molecule has 2 aliphatic carbocycles. The first kappa shape index (κ1) is 12.4. The average molecular weight is 257 g/mol. The van der Waals surface area contributed by atoms with Gasteiger partial charge in [0.05, 0.1) is 0 Å². The van der Waals surface area contributed by atoms with Gasteiger partial charge in [-0.1, -0.05) is 18.2 Å². The number of rotatable bonds is 3. The van der Waals surface area contributed by atoms with Gasteiger partial charge in [0.25, 0.3) is 0 Å². The Morgan fingerprint density at radius 3 is 2.58 bits per heavy atom. The van der Waals surface area contributed by atoms with Crippen LogP contribution in [0.5, 0.6) is 0 Å². The van der Waals surface area contributed by atoms with Crippen LogP contribution in [0.2, 0.25) is 0 Å². The van der Waals surface area contributed by atoms with Gasteiger partial charge in [-0.3, -0.25) is 9.59 Å². The summed E-state index contributed by atoms with van der Waals surface area (Å²) in [6, 6.07) is 9.64. The molecule has 19 heavy (non-hydrogen) atoms. The Kier molecular flexibility index (Phi) is 3.13. The van der Waals surface area contributed by atoms with Crippen molar-refractivity contribution in [1.29, 1.82) is 0 Å². The number of fused-ring (bicyclic) bond motifs is 2. The lowest BCUT2D eigenvalue weighted by atomic mass is 9.87. The highest BCUT2D eigenvalue weighted by Crippen LogP contribution is 2.46. The molecule has 3 nitrogen and oxygen atoms in total. The highest BCUT2D eigenvalue weighted by Gasteiger charge is 2.47. The molecule has 1 aromatic carbocycles. The number of anilines is 1. The van der Waals surface area contributed by atoms with Crippen LogP contribution in [0.1, 0.15) is 26.2 Å². The third-order valence-corrected chi connectivity index (χ3v) is 4.64. The molecule has 2 bridgehead atoms. The number of hydrogen-bond acceptors (Lipinski definition) is 2. The molecular formula is C16H19NO2. The van der Waals surface area contributed by atoms with Crippen LogP contribution in [0.3, 0.4) is 0 Å². The highest BCUT2D eigenvalue weighted by atomic mass is 16.2. The fourth-order valence-electron chi connectivity index (χ4n) is 3.63. The lowest BCUT2D eigenvalue weighted by molar-refractivity contribution is -0.125. The molecule has 1 amide bonds. The molecule has 1 aromatic rings. The van der Waals surface area contributed by atoms with E-state index in [1.807, 2.05) is 30.3 Å². The van der Waals surface area contributed by atoms with E-state index in [9.17, 15) is 9.59 Å². The number of hydrogen-bond donors (Lipinski definition) is 0. The molecule has 2 saturated carbocycles. The molecule has 3 rings (SSSR count). The van der Waals surface area contributed by atoms with Gasteiger partial charge in [0.15, 0.2) is 0 Å². The molecule has 0 radical (unpaired) electrons. The van der Waals surface area contributed by atoms with Crippen molar-refractivity contribution in [2.45, 2.75) is 26.2 Å². The molecule has 3 unspecified atom stereocenters. The van der Waals surface area contributed by atoms with E-state index in [4.69, 9.17) is 0 Å². The zero-order valence-electron chi connectivity index (χ0n) is 11.2. The molecule has 0 spiro atoms. The Balaban J connectivity index is 1.80. The predicted octanol–water partition coefficient (Wildman–Crippen LogP) is 2.65. The van der Waals surface area contributed by atoms with Crippen LogP contribution in [0.25, 0.3) is 0 Å². The minimum absolute atomic E-state index is 0.0155. The number of benzene rings is 1. The minimum Gasteiger partial charge on any atom is -0.312 e. The predicted molar refractivity (Wildman–Crippen MR) is 73.8 cm³/mol. The zero-order valence-corrected chi connectivity index (χ0v) is 11.2. The van der Waals surface area contributed by atoms with Crippen molar-refractivity contribution in [2.24, 2.45) is 17.8 Å². The molecule has 3 heteroatoms. The van der Waals surface area contributed by atoms with E-state index >= 15 is 0 Å². The van der Waals surface area contributed by atoms with Crippen LogP contribution in [0, 0.1) is 17.8 Å². The van der Waals surface area contributed by atoms with Gasteiger partial charge in [0, 0.05) is 31.0 Å². The molecule has 2 aliphatic rings. The number of Topliss-reactive ketones (excluding diaryl/α,β-unsaturated/α-hetero) is 1. The van der Waals surface area contributed by atoms with Crippen LogP contribution in [0.4, 0.5) is 5.69 Å². The Labute approximate surface area is 113 Å². The summed E-state index contributed by atoms with van der Waals surface area (Å²) in [6.45, 7) is 2.13. The normalized spacial score (nSPS) is 28.7. The first-order valence-electron chi connectivity index (χ1n) is 7.03. The summed E-state index contributed by atoms with van der Waals surface area (Å²) < 4.78 is 0. The van der Waals surface area contributed by atoms with E-state index in [-0.39, 0.29) is 17.7 Å². The van der Waals surface area contributed by atoms with Crippen molar-refractivity contribution in [1.82, 2.24) is 0 Å². The minimum atomic E-state index is 0.0155. The third kappa shape index (κ3) is 2.18. The van der Waals surface area contributed by atoms with Gasteiger partial charge < -0.3 is 4.90 Å². The molecule has 2 fully saturated rings. The summed E-state index contributed by atoms with van der Waals surface area (Å²) in [6.07, 6.45) is 3.26. The summed E-state index contributed by atoms with van der Waals surface area (Å²) >= 11 is 0. The second-order valence-corrected chi connectivity index (χ2v) is 5.74. The molecular weight excluding hydrogens is 238 g/mol. The first-order valence-corrected chi connectivity index (χ1v) is 7.03. The zero-order chi connectivity index (χ0) is 13.4. The number of ketones is 1. The van der Waals surface area contributed by atoms with Crippen LogP contribution >= 0.6 is 0 Å². The van der Waals surface area contributed by atoms with E-state index in [1.165, 1.54) is 0 Å². The van der Waals surface area contributed by atoms with Crippen molar-refractivity contribution in [3.05, 3.63) is 30.3 Å². The summed E-state index contributed by atoms with van der Waals surface area (Å²) in [7, 11) is 0. The summed E-state index contributed by atoms with van der Waals surface area (Å²) in [5, 5.41) is 0. The van der Waals surface area contributed by atoms with E-state index in [2.05, 4.69) is 0 Å². The van der Waals surface area contributed by atoms with E-state index < -0.39 is 0 Å². The molecule has 0 N–H and O–H groups in total. The first-order chi connectivity index (χ1) is 9.16. The molecule has 0 aromatic heterocycles. The fourth-order valence-corrected chi connectivity index (χ4v) is 3.63. The van der Waals surface area contributed by atoms with Gasteiger partial charge in [-0.2, -0.15) is 0 Å². The maximum Gasteiger partial charge on any atom is 0.223 e. The standard InChI is InChI=1S/C16H19NO2/c1-11(18)17(14-5-3-2-4-6-14)10-15-12-7-8-13(9-12)16(15)19/h2-6,12-13,15H,7-10H2,1H3. The number of para-hydroxylation sites is 1. The van der Waals surface area contributed by atoms with Gasteiger partial charge >= 0.3 is 0 Å². The topological polar surface area (TPSA) is 37.4 Å². The Hall–Kier alpha value is -1.64. The number of amides is 1. The van der Waals surface area contributed by atoms with E-state index in [0.717, 1.165) is 24.9 Å². The summed E-state index contributed by atoms with van der Waals surface area (Å²) in [5.41, 5.74) is 0.894. The maximum absolute atomic E-state index is 12.2. The van der Waals surface area contributed by atoms with E-state index in [1.54, 1.807) is 11.8 Å². The van der Waals surface area contributed by atoms with Crippen molar-refractivity contribution < 1.29 is 9.59 Å². The fraction of sp³-hybridized carbons (Fsp3) is 0.500. The Morgan fingerprint density at radius 2 is 2.00 bits per heavy atom. The van der Waals surface area contributed by atoms with Crippen LogP contribution in [0.15, 0.2) is 30.3 Å². The second kappa shape index (κ2) is 4.80. The van der Waals surface area contributed by atoms with Gasteiger partial charge in [-0.15, -0.1) is 0 Å². The summed E-state index contributed by atoms with van der Waals surface area (Å²) in [5.74, 6) is 1.24. The van der Waals surface area contributed by atoms with Crippen LogP contribution in [-0.4, -0.2) is 18.2 Å². The average Bonchev–Trinajstić information content (AvgIpc) is 2.99. The van der Waals surface area contributed by atoms with Gasteiger partial charge in [0.1, 0.15) is 5.78 Å². The lowest BCUT2D eigenvalue weighted by Gasteiger charge is -2.28. The Bertz CT molecular complexity index is 497. The molecule has 0 heterocycles. The van der Waals surface area contributed by atoms with Gasteiger partial charge in [-0.25, -0.2) is 0 Å². The molecule has 3 atom stereocenters. The number of carbonyl (C=O) groups is 2. The van der Waals surface area contributed by atoms with Gasteiger partial charge in [0.2, 0.25) is 5.91 Å². The molecule has 0 aliphatic heterocycles. The SMILES string of the molecule is CC(=O)N(CC1C(=O)C2CCC1C2)c1ccccc1. The summed E-state index contributed by atoms with van der Waals surface area (Å²) in [4.78, 5) is 25.8. The largest absolute Gasteiger partial charge is 0.312 e. The monoisotopic (exact) mass is 257 g/mol. The molecule has 100 valence electrons. The number of nitrogens with zero attached hydrogens (tertiary/aromatic N) is 1. The van der Waals surface area contributed by atoms with Crippen LogP contribution < -0.4 is 4.90 Å². The van der Waals surface area contributed by atoms with Crippen molar-refractivity contribution in [3.8, 4) is 0 Å².